The number of aromatic nitrogens is 3. The third kappa shape index (κ3) is 3.06. The molecule has 0 atom stereocenters. The lowest BCUT2D eigenvalue weighted by atomic mass is 10.1. The fourth-order valence-corrected chi connectivity index (χ4v) is 2.34. The molecule has 0 bridgehead atoms. The first kappa shape index (κ1) is 13.6. The largest absolute Gasteiger partial charge is 0.378 e. The summed E-state index contributed by atoms with van der Waals surface area (Å²) in [6, 6.07) is 12.1. The molecular weight excluding hydrogens is 284 g/mol. The molecule has 0 unspecified atom stereocenters. The van der Waals surface area contributed by atoms with E-state index >= 15 is 0 Å². The third-order valence-corrected chi connectivity index (χ3v) is 3.53. The van der Waals surface area contributed by atoms with E-state index in [0.29, 0.717) is 11.7 Å². The molecule has 0 spiro atoms. The van der Waals surface area contributed by atoms with Gasteiger partial charge in [0.15, 0.2) is 5.15 Å². The molecule has 106 valence electrons. The highest BCUT2D eigenvalue weighted by Gasteiger charge is 2.08. The van der Waals surface area contributed by atoms with Gasteiger partial charge in [-0.05, 0) is 24.1 Å². The van der Waals surface area contributed by atoms with Crippen LogP contribution in [0.25, 0.3) is 11.3 Å². The maximum atomic E-state index is 6.10. The average molecular weight is 299 g/mol. The van der Waals surface area contributed by atoms with Crippen LogP contribution in [0.3, 0.4) is 0 Å². The summed E-state index contributed by atoms with van der Waals surface area (Å²) < 4.78 is 0. The van der Waals surface area contributed by atoms with E-state index in [1.165, 1.54) is 0 Å². The van der Waals surface area contributed by atoms with E-state index in [1.54, 1.807) is 6.20 Å². The van der Waals surface area contributed by atoms with Crippen LogP contribution in [-0.2, 0) is 6.54 Å². The quantitative estimate of drug-likeness (QED) is 0.715. The molecule has 0 radical (unpaired) electrons. The van der Waals surface area contributed by atoms with Crippen molar-refractivity contribution in [1.82, 2.24) is 15.2 Å². The van der Waals surface area contributed by atoms with Crippen molar-refractivity contribution in [2.24, 2.45) is 0 Å². The monoisotopic (exact) mass is 298 g/mol. The molecule has 2 aromatic heterocycles. The van der Waals surface area contributed by atoms with Crippen LogP contribution in [0.5, 0.6) is 0 Å². The summed E-state index contributed by atoms with van der Waals surface area (Å²) in [5.41, 5.74) is 5.10. The Labute approximate surface area is 128 Å². The molecule has 3 rings (SSSR count). The molecule has 2 heterocycles. The van der Waals surface area contributed by atoms with Crippen LogP contribution < -0.4 is 5.32 Å². The Hall–Kier alpha value is -2.33. The summed E-state index contributed by atoms with van der Waals surface area (Å²) in [5.74, 6) is 0. The second-order valence-corrected chi connectivity index (χ2v) is 5.20. The molecule has 0 fully saturated rings. The standard InChI is InChI=1S/C16H15ClN4/c1-11-7-14(16(17)19-8-11)18-9-13-10-20-21-15(13)12-5-3-2-4-6-12/h2-8,10,18H,9H2,1H3,(H,20,21). The minimum Gasteiger partial charge on any atom is -0.378 e. The van der Waals surface area contributed by atoms with Gasteiger partial charge in [-0.2, -0.15) is 5.10 Å². The zero-order valence-corrected chi connectivity index (χ0v) is 12.4. The maximum Gasteiger partial charge on any atom is 0.152 e. The van der Waals surface area contributed by atoms with Crippen molar-refractivity contribution in [2.45, 2.75) is 13.5 Å². The molecule has 1 aromatic carbocycles. The number of benzene rings is 1. The van der Waals surface area contributed by atoms with Crippen molar-refractivity contribution in [3.8, 4) is 11.3 Å². The van der Waals surface area contributed by atoms with Gasteiger partial charge in [0, 0.05) is 18.3 Å². The van der Waals surface area contributed by atoms with E-state index in [0.717, 1.165) is 28.1 Å². The minimum absolute atomic E-state index is 0.477. The lowest BCUT2D eigenvalue weighted by Crippen LogP contribution is -2.01. The molecule has 2 N–H and O–H groups in total. The van der Waals surface area contributed by atoms with E-state index < -0.39 is 0 Å². The van der Waals surface area contributed by atoms with Gasteiger partial charge < -0.3 is 5.32 Å². The lowest BCUT2D eigenvalue weighted by Gasteiger charge is -2.09. The molecular formula is C16H15ClN4. The molecule has 0 aliphatic rings. The van der Waals surface area contributed by atoms with Crippen molar-refractivity contribution >= 4 is 17.3 Å². The van der Waals surface area contributed by atoms with Gasteiger partial charge >= 0.3 is 0 Å². The van der Waals surface area contributed by atoms with E-state index in [4.69, 9.17) is 11.6 Å². The number of hydrogen-bond donors (Lipinski definition) is 2. The Morgan fingerprint density at radius 1 is 1.19 bits per heavy atom. The van der Waals surface area contributed by atoms with E-state index in [9.17, 15) is 0 Å². The molecule has 0 saturated heterocycles. The molecule has 3 aromatic rings. The summed E-state index contributed by atoms with van der Waals surface area (Å²) in [6.45, 7) is 2.62. The fourth-order valence-electron chi connectivity index (χ4n) is 2.17. The lowest BCUT2D eigenvalue weighted by molar-refractivity contribution is 1.10. The predicted octanol–water partition coefficient (Wildman–Crippen LogP) is 4.05. The van der Waals surface area contributed by atoms with Crippen molar-refractivity contribution in [3.63, 3.8) is 0 Å². The van der Waals surface area contributed by atoms with Crippen LogP contribution >= 0.6 is 11.6 Å². The zero-order valence-electron chi connectivity index (χ0n) is 11.6. The zero-order chi connectivity index (χ0) is 14.7. The molecule has 5 heteroatoms. The molecule has 0 saturated carbocycles. The molecule has 0 aliphatic heterocycles. The summed E-state index contributed by atoms with van der Waals surface area (Å²) in [6.07, 6.45) is 3.58. The van der Waals surface area contributed by atoms with Gasteiger partial charge in [0.1, 0.15) is 0 Å². The second-order valence-electron chi connectivity index (χ2n) is 4.84. The normalized spacial score (nSPS) is 10.6. The summed E-state index contributed by atoms with van der Waals surface area (Å²) in [7, 11) is 0. The third-order valence-electron chi connectivity index (χ3n) is 3.23. The van der Waals surface area contributed by atoms with Gasteiger partial charge in [0.25, 0.3) is 0 Å². The first-order valence-corrected chi connectivity index (χ1v) is 7.05. The topological polar surface area (TPSA) is 53.6 Å². The Morgan fingerprint density at radius 3 is 2.81 bits per heavy atom. The smallest absolute Gasteiger partial charge is 0.152 e. The number of nitrogens with zero attached hydrogens (tertiary/aromatic N) is 2. The number of nitrogens with one attached hydrogen (secondary N) is 2. The van der Waals surface area contributed by atoms with Crippen molar-refractivity contribution < 1.29 is 0 Å². The predicted molar refractivity (Wildman–Crippen MR) is 85.3 cm³/mol. The van der Waals surface area contributed by atoms with E-state index in [-0.39, 0.29) is 0 Å². The van der Waals surface area contributed by atoms with Crippen molar-refractivity contribution in [1.29, 1.82) is 0 Å². The maximum absolute atomic E-state index is 6.10. The van der Waals surface area contributed by atoms with Crippen LogP contribution in [0, 0.1) is 6.92 Å². The Kier molecular flexibility index (Phi) is 3.88. The number of rotatable bonds is 4. The first-order chi connectivity index (χ1) is 10.2. The Balaban J connectivity index is 1.81. The van der Waals surface area contributed by atoms with Crippen molar-refractivity contribution in [2.75, 3.05) is 5.32 Å². The number of H-pyrrole nitrogens is 1. The summed E-state index contributed by atoms with van der Waals surface area (Å²) >= 11 is 6.10. The van der Waals surface area contributed by atoms with Crippen molar-refractivity contribution in [3.05, 3.63) is 65.1 Å². The van der Waals surface area contributed by atoms with Gasteiger partial charge in [-0.15, -0.1) is 0 Å². The van der Waals surface area contributed by atoms with Crippen LogP contribution in [0.15, 0.2) is 48.8 Å². The average Bonchev–Trinajstić information content (AvgIpc) is 2.97. The second kappa shape index (κ2) is 5.97. The van der Waals surface area contributed by atoms with Crippen LogP contribution in [0.2, 0.25) is 5.15 Å². The first-order valence-electron chi connectivity index (χ1n) is 6.68. The van der Waals surface area contributed by atoms with Gasteiger partial charge in [0.2, 0.25) is 0 Å². The highest BCUT2D eigenvalue weighted by atomic mass is 35.5. The molecule has 0 amide bonds. The molecule has 21 heavy (non-hydrogen) atoms. The summed E-state index contributed by atoms with van der Waals surface area (Å²) in [4.78, 5) is 4.14. The molecule has 4 nitrogen and oxygen atoms in total. The van der Waals surface area contributed by atoms with E-state index in [2.05, 4.69) is 32.6 Å². The molecule has 0 aliphatic carbocycles. The minimum atomic E-state index is 0.477. The Morgan fingerprint density at radius 2 is 2.00 bits per heavy atom. The van der Waals surface area contributed by atoms with Crippen LogP contribution in [0.4, 0.5) is 5.69 Å². The summed E-state index contributed by atoms with van der Waals surface area (Å²) in [5, 5.41) is 11.0. The number of hydrogen-bond acceptors (Lipinski definition) is 3. The number of halogens is 1. The van der Waals surface area contributed by atoms with Gasteiger partial charge in [0.05, 0.1) is 17.6 Å². The van der Waals surface area contributed by atoms with Gasteiger partial charge in [-0.25, -0.2) is 4.98 Å². The van der Waals surface area contributed by atoms with Gasteiger partial charge in [-0.1, -0.05) is 41.9 Å². The van der Waals surface area contributed by atoms with Gasteiger partial charge in [-0.3, -0.25) is 5.10 Å². The number of aryl methyl sites for hydroxylation is 1. The highest BCUT2D eigenvalue weighted by molar-refractivity contribution is 6.31. The fraction of sp³-hybridized carbons (Fsp3) is 0.125. The number of aromatic amines is 1. The van der Waals surface area contributed by atoms with Crippen LogP contribution in [0.1, 0.15) is 11.1 Å². The number of pyridine rings is 1. The SMILES string of the molecule is Cc1cnc(Cl)c(NCc2cn[nH]c2-c2ccccc2)c1. The van der Waals surface area contributed by atoms with E-state index in [1.807, 2.05) is 37.4 Å². The number of anilines is 1. The highest BCUT2D eigenvalue weighted by Crippen LogP contribution is 2.24. The van der Waals surface area contributed by atoms with Crippen LogP contribution in [-0.4, -0.2) is 15.2 Å². The Bertz CT molecular complexity index is 737.